The molecule has 1 atom stereocenters. The molecule has 1 N–H and O–H groups in total. The predicted molar refractivity (Wildman–Crippen MR) is 95.8 cm³/mol. The van der Waals surface area contributed by atoms with Crippen LogP contribution in [0.2, 0.25) is 5.02 Å². The summed E-state index contributed by atoms with van der Waals surface area (Å²) in [7, 11) is 0. The summed E-state index contributed by atoms with van der Waals surface area (Å²) in [5.74, 6) is -2.85. The van der Waals surface area contributed by atoms with Gasteiger partial charge in [-0.3, -0.25) is 4.79 Å². The minimum absolute atomic E-state index is 0.0153. The van der Waals surface area contributed by atoms with Crippen LogP contribution in [0.3, 0.4) is 0 Å². The number of alkyl halides is 3. The highest BCUT2D eigenvalue weighted by Crippen LogP contribution is 2.34. The number of rotatable bonds is 4. The summed E-state index contributed by atoms with van der Waals surface area (Å²) >= 11 is 5.83. The van der Waals surface area contributed by atoms with Gasteiger partial charge in [0.05, 0.1) is 23.5 Å². The Kier molecular flexibility index (Phi) is 5.61. The van der Waals surface area contributed by atoms with Crippen LogP contribution in [-0.2, 0) is 6.18 Å². The summed E-state index contributed by atoms with van der Waals surface area (Å²) in [5.41, 5.74) is -2.10. The molecule has 152 valence electrons. The molecule has 29 heavy (non-hydrogen) atoms. The number of carbonyl (C=O) groups excluding carboxylic acids is 1. The van der Waals surface area contributed by atoms with E-state index in [1.165, 1.54) is 31.2 Å². The van der Waals surface area contributed by atoms with E-state index in [9.17, 15) is 26.7 Å². The van der Waals surface area contributed by atoms with Crippen molar-refractivity contribution in [3.63, 3.8) is 0 Å². The van der Waals surface area contributed by atoms with Crippen molar-refractivity contribution in [2.45, 2.75) is 19.1 Å². The monoisotopic (exact) mass is 429 g/mol. The van der Waals surface area contributed by atoms with Gasteiger partial charge in [0, 0.05) is 16.7 Å². The zero-order chi connectivity index (χ0) is 21.3. The standard InChI is InChI=1S/C19H13ClF5N3O/c1-10(14-6-5-12(21)8-16(14)22)27-18(29)15-9-26-28(17(15)19(23,24)25)13-4-2-3-11(20)7-13/h2-10H,1H3,(H,27,29). The average molecular weight is 430 g/mol. The van der Waals surface area contributed by atoms with Crippen LogP contribution in [0.25, 0.3) is 5.69 Å². The Balaban J connectivity index is 1.97. The van der Waals surface area contributed by atoms with Crippen LogP contribution in [0, 0.1) is 11.6 Å². The van der Waals surface area contributed by atoms with Crippen molar-refractivity contribution in [3.8, 4) is 5.69 Å². The molecule has 1 unspecified atom stereocenters. The van der Waals surface area contributed by atoms with Crippen molar-refractivity contribution < 1.29 is 26.7 Å². The Morgan fingerprint density at radius 3 is 2.52 bits per heavy atom. The highest BCUT2D eigenvalue weighted by Gasteiger charge is 2.40. The first-order valence-corrected chi connectivity index (χ1v) is 8.62. The molecule has 0 saturated carbocycles. The summed E-state index contributed by atoms with van der Waals surface area (Å²) in [6.45, 7) is 1.36. The molecule has 0 fully saturated rings. The highest BCUT2D eigenvalue weighted by atomic mass is 35.5. The number of amides is 1. The van der Waals surface area contributed by atoms with Gasteiger partial charge in [0.15, 0.2) is 5.69 Å². The highest BCUT2D eigenvalue weighted by molar-refractivity contribution is 6.30. The maximum absolute atomic E-state index is 13.9. The molecule has 1 heterocycles. The quantitative estimate of drug-likeness (QED) is 0.571. The van der Waals surface area contributed by atoms with E-state index in [1.54, 1.807) is 0 Å². The summed E-state index contributed by atoms with van der Waals surface area (Å²) in [6, 6.07) is 7.24. The Labute approximate surface area is 166 Å². The molecular weight excluding hydrogens is 417 g/mol. The lowest BCUT2D eigenvalue weighted by Gasteiger charge is -2.16. The van der Waals surface area contributed by atoms with E-state index in [0.717, 1.165) is 18.3 Å². The molecular formula is C19H13ClF5N3O. The first-order chi connectivity index (χ1) is 13.6. The molecule has 0 bridgehead atoms. The van der Waals surface area contributed by atoms with Crippen LogP contribution in [0.4, 0.5) is 22.0 Å². The maximum atomic E-state index is 13.9. The number of nitrogens with zero attached hydrogens (tertiary/aromatic N) is 2. The third-order valence-corrected chi connectivity index (χ3v) is 4.35. The minimum atomic E-state index is -4.91. The molecule has 3 rings (SSSR count). The van der Waals surface area contributed by atoms with Crippen molar-refractivity contribution in [2.24, 2.45) is 0 Å². The van der Waals surface area contributed by atoms with Gasteiger partial charge in [-0.25, -0.2) is 13.5 Å². The van der Waals surface area contributed by atoms with E-state index in [4.69, 9.17) is 11.6 Å². The third kappa shape index (κ3) is 4.40. The normalized spacial score (nSPS) is 12.7. The number of benzene rings is 2. The van der Waals surface area contributed by atoms with Crippen LogP contribution in [0.15, 0.2) is 48.7 Å². The van der Waals surface area contributed by atoms with Gasteiger partial charge in [-0.05, 0) is 31.2 Å². The minimum Gasteiger partial charge on any atom is -0.345 e. The lowest BCUT2D eigenvalue weighted by Crippen LogP contribution is -2.29. The first-order valence-electron chi connectivity index (χ1n) is 8.25. The molecule has 0 aliphatic carbocycles. The number of carbonyl (C=O) groups is 1. The van der Waals surface area contributed by atoms with E-state index in [-0.39, 0.29) is 16.3 Å². The number of hydrogen-bond donors (Lipinski definition) is 1. The van der Waals surface area contributed by atoms with Crippen molar-refractivity contribution in [2.75, 3.05) is 0 Å². The van der Waals surface area contributed by atoms with Crippen molar-refractivity contribution in [1.29, 1.82) is 0 Å². The molecule has 0 radical (unpaired) electrons. The van der Waals surface area contributed by atoms with Gasteiger partial charge in [-0.2, -0.15) is 18.3 Å². The molecule has 0 spiro atoms. The number of nitrogens with one attached hydrogen (secondary N) is 1. The molecule has 0 saturated heterocycles. The number of aromatic nitrogens is 2. The van der Waals surface area contributed by atoms with Gasteiger partial charge in [-0.1, -0.05) is 23.7 Å². The van der Waals surface area contributed by atoms with E-state index in [1.807, 2.05) is 0 Å². The van der Waals surface area contributed by atoms with E-state index < -0.39 is 41.0 Å². The molecule has 1 amide bonds. The zero-order valence-corrected chi connectivity index (χ0v) is 15.5. The van der Waals surface area contributed by atoms with Gasteiger partial charge < -0.3 is 5.32 Å². The molecule has 1 aromatic heterocycles. The lowest BCUT2D eigenvalue weighted by atomic mass is 10.1. The van der Waals surface area contributed by atoms with Crippen molar-refractivity contribution in [3.05, 3.63) is 82.1 Å². The predicted octanol–water partition coefficient (Wildman–Crippen LogP) is 5.31. The summed E-state index contributed by atoms with van der Waals surface area (Å²) < 4.78 is 68.5. The second kappa shape index (κ2) is 7.82. The number of hydrogen-bond acceptors (Lipinski definition) is 2. The van der Waals surface area contributed by atoms with Crippen LogP contribution in [0.1, 0.15) is 34.6 Å². The summed E-state index contributed by atoms with van der Waals surface area (Å²) in [4.78, 5) is 12.5. The fourth-order valence-electron chi connectivity index (χ4n) is 2.80. The van der Waals surface area contributed by atoms with Crippen LogP contribution >= 0.6 is 11.6 Å². The average Bonchev–Trinajstić information content (AvgIpc) is 3.07. The van der Waals surface area contributed by atoms with Gasteiger partial charge in [0.1, 0.15) is 11.6 Å². The topological polar surface area (TPSA) is 46.9 Å². The van der Waals surface area contributed by atoms with E-state index in [0.29, 0.717) is 10.7 Å². The second-order valence-corrected chi connectivity index (χ2v) is 6.59. The van der Waals surface area contributed by atoms with E-state index >= 15 is 0 Å². The van der Waals surface area contributed by atoms with E-state index in [2.05, 4.69) is 10.4 Å². The van der Waals surface area contributed by atoms with Gasteiger partial charge >= 0.3 is 6.18 Å². The Morgan fingerprint density at radius 2 is 1.90 bits per heavy atom. The fraction of sp³-hybridized carbons (Fsp3) is 0.158. The molecule has 10 heteroatoms. The molecule has 0 aliphatic rings. The Morgan fingerprint density at radius 1 is 1.17 bits per heavy atom. The lowest BCUT2D eigenvalue weighted by molar-refractivity contribution is -0.143. The van der Waals surface area contributed by atoms with Crippen LogP contribution < -0.4 is 5.32 Å². The number of halogens is 6. The largest absolute Gasteiger partial charge is 0.434 e. The van der Waals surface area contributed by atoms with Crippen LogP contribution in [-0.4, -0.2) is 15.7 Å². The molecule has 3 aromatic rings. The maximum Gasteiger partial charge on any atom is 0.434 e. The fourth-order valence-corrected chi connectivity index (χ4v) is 2.98. The van der Waals surface area contributed by atoms with Gasteiger partial charge in [-0.15, -0.1) is 0 Å². The van der Waals surface area contributed by atoms with Gasteiger partial charge in [0.25, 0.3) is 5.91 Å². The SMILES string of the molecule is CC(NC(=O)c1cnn(-c2cccc(Cl)c2)c1C(F)(F)F)c1ccc(F)cc1F. The molecule has 2 aromatic carbocycles. The van der Waals surface area contributed by atoms with Crippen molar-refractivity contribution >= 4 is 17.5 Å². The summed E-state index contributed by atoms with van der Waals surface area (Å²) in [6.07, 6.45) is -4.14. The second-order valence-electron chi connectivity index (χ2n) is 6.16. The molecule has 4 nitrogen and oxygen atoms in total. The first kappa shape index (κ1) is 20.8. The Hall–Kier alpha value is -2.94. The molecule has 0 aliphatic heterocycles. The Bertz CT molecular complexity index is 1060. The third-order valence-electron chi connectivity index (χ3n) is 4.11. The summed E-state index contributed by atoms with van der Waals surface area (Å²) in [5, 5.41) is 6.15. The smallest absolute Gasteiger partial charge is 0.345 e. The van der Waals surface area contributed by atoms with Crippen molar-refractivity contribution in [1.82, 2.24) is 15.1 Å². The zero-order valence-electron chi connectivity index (χ0n) is 14.8. The van der Waals surface area contributed by atoms with Crippen LogP contribution in [0.5, 0.6) is 0 Å². The van der Waals surface area contributed by atoms with Gasteiger partial charge in [0.2, 0.25) is 0 Å².